The van der Waals surface area contributed by atoms with Gasteiger partial charge in [-0.3, -0.25) is 0 Å². The molecule has 106 valence electrons. The van der Waals surface area contributed by atoms with Gasteiger partial charge in [0.2, 0.25) is 5.82 Å². The molecule has 1 N–H and O–H groups in total. The van der Waals surface area contributed by atoms with Crippen LogP contribution in [-0.2, 0) is 6.54 Å². The molecule has 7 heteroatoms. The van der Waals surface area contributed by atoms with Crippen molar-refractivity contribution in [1.29, 1.82) is 5.26 Å². The van der Waals surface area contributed by atoms with E-state index in [1.807, 2.05) is 7.05 Å². The van der Waals surface area contributed by atoms with Crippen molar-refractivity contribution in [3.63, 3.8) is 0 Å². The summed E-state index contributed by atoms with van der Waals surface area (Å²) in [6.07, 6.45) is 3.37. The van der Waals surface area contributed by atoms with Gasteiger partial charge in [-0.05, 0) is 19.4 Å². The van der Waals surface area contributed by atoms with Crippen LogP contribution in [0.1, 0.15) is 22.1 Å². The summed E-state index contributed by atoms with van der Waals surface area (Å²) in [5.74, 6) is 1.86. The Balaban J connectivity index is 2.10. The summed E-state index contributed by atoms with van der Waals surface area (Å²) < 4.78 is 1.74. The molecule has 0 spiro atoms. The first-order valence-electron chi connectivity index (χ1n) is 6.49. The lowest BCUT2D eigenvalue weighted by Crippen LogP contribution is -2.07. The molecule has 0 radical (unpaired) electrons. The molecule has 0 aromatic carbocycles. The van der Waals surface area contributed by atoms with Gasteiger partial charge in [0.05, 0.1) is 11.9 Å². The summed E-state index contributed by atoms with van der Waals surface area (Å²) in [5.41, 5.74) is 1.21. The van der Waals surface area contributed by atoms with Gasteiger partial charge < -0.3 is 9.88 Å². The monoisotopic (exact) mass is 298 g/mol. The number of rotatable bonds is 3. The summed E-state index contributed by atoms with van der Waals surface area (Å²) in [4.78, 5) is 15.4. The van der Waals surface area contributed by atoms with E-state index in [0.717, 1.165) is 16.0 Å². The van der Waals surface area contributed by atoms with Gasteiger partial charge in [0.15, 0.2) is 5.82 Å². The zero-order valence-electron chi connectivity index (χ0n) is 12.0. The zero-order valence-corrected chi connectivity index (χ0v) is 12.8. The molecule has 3 aromatic rings. The number of thiophene rings is 1. The van der Waals surface area contributed by atoms with Crippen molar-refractivity contribution < 1.29 is 0 Å². The topological polar surface area (TPSA) is 79.4 Å². The third-order valence-electron chi connectivity index (χ3n) is 3.44. The molecule has 0 saturated heterocycles. The molecule has 0 bridgehead atoms. The molecule has 0 amide bonds. The highest BCUT2D eigenvalue weighted by atomic mass is 32.1. The second kappa shape index (κ2) is 5.14. The molecule has 0 saturated carbocycles. The predicted octanol–water partition coefficient (Wildman–Crippen LogP) is 2.47. The van der Waals surface area contributed by atoms with Crippen LogP contribution in [-0.4, -0.2) is 26.6 Å². The Morgan fingerprint density at radius 2 is 2.19 bits per heavy atom. The second-order valence-electron chi connectivity index (χ2n) is 4.69. The summed E-state index contributed by atoms with van der Waals surface area (Å²) >= 11 is 1.66. The van der Waals surface area contributed by atoms with Gasteiger partial charge in [-0.15, -0.1) is 11.3 Å². The van der Waals surface area contributed by atoms with Crippen molar-refractivity contribution in [2.24, 2.45) is 0 Å². The van der Waals surface area contributed by atoms with E-state index < -0.39 is 0 Å². The van der Waals surface area contributed by atoms with Gasteiger partial charge >= 0.3 is 0 Å². The number of nitrogens with one attached hydrogen (secondary N) is 1. The van der Waals surface area contributed by atoms with Crippen molar-refractivity contribution in [2.75, 3.05) is 12.4 Å². The van der Waals surface area contributed by atoms with Gasteiger partial charge in [-0.2, -0.15) is 5.26 Å². The maximum absolute atomic E-state index is 9.01. The number of fused-ring (bicyclic) bond motifs is 1. The van der Waals surface area contributed by atoms with Crippen molar-refractivity contribution in [1.82, 2.24) is 19.5 Å². The van der Waals surface area contributed by atoms with E-state index in [4.69, 9.17) is 5.26 Å². The number of nitrogens with zero attached hydrogens (tertiary/aromatic N) is 5. The largest absolute Gasteiger partial charge is 0.372 e. The maximum atomic E-state index is 9.01. The van der Waals surface area contributed by atoms with Crippen LogP contribution in [0.3, 0.4) is 0 Å². The fraction of sp³-hybridized carbons (Fsp3) is 0.286. The number of nitriles is 1. The molecule has 3 aromatic heterocycles. The zero-order chi connectivity index (χ0) is 15.0. The molecule has 0 aliphatic heterocycles. The standard InChI is InChI=1S/C14H14N6S/c1-8-9(2)21-14-12(8)13(16-3)18-10(19-14)7-20-5-4-17-11(20)6-15/h4-5H,7H2,1-3H3,(H,16,18,19). The van der Waals surface area contributed by atoms with Gasteiger partial charge in [0.1, 0.15) is 16.7 Å². The lowest BCUT2D eigenvalue weighted by molar-refractivity contribution is 0.738. The Labute approximate surface area is 126 Å². The van der Waals surface area contributed by atoms with E-state index in [0.29, 0.717) is 18.2 Å². The highest BCUT2D eigenvalue weighted by Gasteiger charge is 2.14. The van der Waals surface area contributed by atoms with Crippen LogP contribution in [0, 0.1) is 25.2 Å². The smallest absolute Gasteiger partial charge is 0.213 e. The van der Waals surface area contributed by atoms with E-state index >= 15 is 0 Å². The van der Waals surface area contributed by atoms with Crippen LogP contribution in [0.25, 0.3) is 10.2 Å². The van der Waals surface area contributed by atoms with E-state index in [1.54, 1.807) is 28.3 Å². The van der Waals surface area contributed by atoms with Gasteiger partial charge in [-0.1, -0.05) is 0 Å². The van der Waals surface area contributed by atoms with Gasteiger partial charge in [-0.25, -0.2) is 15.0 Å². The van der Waals surface area contributed by atoms with Crippen molar-refractivity contribution >= 4 is 27.4 Å². The summed E-state index contributed by atoms with van der Waals surface area (Å²) in [5, 5.41) is 13.2. The first-order valence-corrected chi connectivity index (χ1v) is 7.31. The summed E-state index contributed by atoms with van der Waals surface area (Å²) in [6, 6.07) is 2.06. The maximum Gasteiger partial charge on any atom is 0.213 e. The number of aryl methyl sites for hydroxylation is 2. The van der Waals surface area contributed by atoms with Crippen molar-refractivity contribution in [3.8, 4) is 6.07 Å². The van der Waals surface area contributed by atoms with E-state index in [2.05, 4.69) is 40.2 Å². The minimum Gasteiger partial charge on any atom is -0.372 e. The van der Waals surface area contributed by atoms with Crippen LogP contribution in [0.4, 0.5) is 5.82 Å². The Hall–Kier alpha value is -2.46. The van der Waals surface area contributed by atoms with Gasteiger partial charge in [0, 0.05) is 24.3 Å². The SMILES string of the molecule is CNc1nc(Cn2ccnc2C#N)nc2sc(C)c(C)c12. The number of hydrogen-bond donors (Lipinski definition) is 1. The Kier molecular flexibility index (Phi) is 3.31. The molecule has 0 aliphatic carbocycles. The Morgan fingerprint density at radius 3 is 2.90 bits per heavy atom. The highest BCUT2D eigenvalue weighted by Crippen LogP contribution is 2.33. The minimum absolute atomic E-state index is 0.364. The second-order valence-corrected chi connectivity index (χ2v) is 5.90. The molecular formula is C14H14N6S. The fourth-order valence-electron chi connectivity index (χ4n) is 2.25. The molecule has 3 rings (SSSR count). The predicted molar refractivity (Wildman–Crippen MR) is 82.5 cm³/mol. The first kappa shape index (κ1) is 13.5. The highest BCUT2D eigenvalue weighted by molar-refractivity contribution is 7.18. The third-order valence-corrected chi connectivity index (χ3v) is 4.54. The van der Waals surface area contributed by atoms with Gasteiger partial charge in [0.25, 0.3) is 0 Å². The number of imidazole rings is 1. The molecule has 0 aliphatic rings. The van der Waals surface area contributed by atoms with E-state index in [-0.39, 0.29) is 0 Å². The van der Waals surface area contributed by atoms with E-state index in [9.17, 15) is 0 Å². The Morgan fingerprint density at radius 1 is 1.38 bits per heavy atom. The summed E-state index contributed by atoms with van der Waals surface area (Å²) in [6.45, 7) is 4.61. The lowest BCUT2D eigenvalue weighted by atomic mass is 10.2. The van der Waals surface area contributed by atoms with E-state index in [1.165, 1.54) is 10.4 Å². The third kappa shape index (κ3) is 2.23. The molecule has 0 atom stereocenters. The normalized spacial score (nSPS) is 10.8. The quantitative estimate of drug-likeness (QED) is 0.803. The average molecular weight is 298 g/mol. The van der Waals surface area contributed by atoms with Crippen LogP contribution in [0.2, 0.25) is 0 Å². The van der Waals surface area contributed by atoms with Crippen molar-refractivity contribution in [2.45, 2.75) is 20.4 Å². The van der Waals surface area contributed by atoms with Crippen LogP contribution < -0.4 is 5.32 Å². The molecule has 21 heavy (non-hydrogen) atoms. The molecule has 0 unspecified atom stereocenters. The molecule has 3 heterocycles. The molecule has 0 fully saturated rings. The van der Waals surface area contributed by atoms with Crippen LogP contribution in [0.15, 0.2) is 12.4 Å². The number of aromatic nitrogens is 4. The molecule has 6 nitrogen and oxygen atoms in total. The lowest BCUT2D eigenvalue weighted by Gasteiger charge is -2.07. The fourth-order valence-corrected chi connectivity index (χ4v) is 3.30. The Bertz CT molecular complexity index is 854. The summed E-state index contributed by atoms with van der Waals surface area (Å²) in [7, 11) is 1.86. The van der Waals surface area contributed by atoms with Crippen molar-refractivity contribution in [3.05, 3.63) is 34.5 Å². The first-order chi connectivity index (χ1) is 10.1. The van der Waals surface area contributed by atoms with Crippen LogP contribution in [0.5, 0.6) is 0 Å². The van der Waals surface area contributed by atoms with Crippen LogP contribution >= 0.6 is 11.3 Å². The number of hydrogen-bond acceptors (Lipinski definition) is 6. The average Bonchev–Trinajstić information content (AvgIpc) is 3.03. The minimum atomic E-state index is 0.364. The molecular weight excluding hydrogens is 284 g/mol. The number of anilines is 1.